The molecule has 3 nitrogen and oxygen atoms in total. The highest BCUT2D eigenvalue weighted by molar-refractivity contribution is 5.85. The van der Waals surface area contributed by atoms with Crippen LogP contribution in [-0.2, 0) is 4.79 Å². The lowest BCUT2D eigenvalue weighted by molar-refractivity contribution is -0.136. The molecule has 130 valence electrons. The normalized spacial score (nSPS) is 23.3. The highest BCUT2D eigenvalue weighted by atomic mass is 35.5. The predicted molar refractivity (Wildman–Crippen MR) is 95.4 cm³/mol. The monoisotopic (exact) mass is 330 g/mol. The maximum absolute atomic E-state index is 12.8. The summed E-state index contributed by atoms with van der Waals surface area (Å²) in [5, 5.41) is 3.42. The molecule has 3 unspecified atom stereocenters. The van der Waals surface area contributed by atoms with Crippen molar-refractivity contribution in [3.05, 3.63) is 0 Å². The number of rotatable bonds is 7. The molecule has 3 atom stereocenters. The molecule has 2 aliphatic rings. The summed E-state index contributed by atoms with van der Waals surface area (Å²) in [4.78, 5) is 15.1. The van der Waals surface area contributed by atoms with Gasteiger partial charge in [-0.3, -0.25) is 4.79 Å². The lowest BCUT2D eigenvalue weighted by Crippen LogP contribution is -2.44. The van der Waals surface area contributed by atoms with E-state index in [2.05, 4.69) is 37.9 Å². The number of nitrogens with zero attached hydrogens (tertiary/aromatic N) is 1. The first-order valence-electron chi connectivity index (χ1n) is 9.06. The second kappa shape index (κ2) is 9.12. The van der Waals surface area contributed by atoms with E-state index in [0.29, 0.717) is 29.8 Å². The Hall–Kier alpha value is -0.280. The molecule has 1 amide bonds. The smallest absolute Gasteiger partial charge is 0.223 e. The SMILES string of the molecule is CCC(C)C(C)N(C(=O)CC(C)C1CCNCC1)C1CC1.Cl. The van der Waals surface area contributed by atoms with Crippen LogP contribution < -0.4 is 5.32 Å². The molecule has 1 saturated carbocycles. The number of nitrogens with one attached hydrogen (secondary N) is 1. The Morgan fingerprint density at radius 2 is 1.73 bits per heavy atom. The van der Waals surface area contributed by atoms with Crippen molar-refractivity contribution in [2.45, 2.75) is 78.3 Å². The molecule has 0 aromatic rings. The van der Waals surface area contributed by atoms with E-state index in [1.807, 2.05) is 0 Å². The van der Waals surface area contributed by atoms with Gasteiger partial charge in [-0.2, -0.15) is 0 Å². The number of amides is 1. The highest BCUT2D eigenvalue weighted by Gasteiger charge is 2.37. The molecule has 1 saturated heterocycles. The van der Waals surface area contributed by atoms with Gasteiger partial charge in [0.25, 0.3) is 0 Å². The fourth-order valence-corrected chi connectivity index (χ4v) is 3.69. The molecule has 0 bridgehead atoms. The summed E-state index contributed by atoms with van der Waals surface area (Å²) >= 11 is 0. The Kier molecular flexibility index (Phi) is 8.20. The average molecular weight is 331 g/mol. The van der Waals surface area contributed by atoms with Gasteiger partial charge >= 0.3 is 0 Å². The summed E-state index contributed by atoms with van der Waals surface area (Å²) in [5.74, 6) is 2.28. The van der Waals surface area contributed by atoms with Crippen molar-refractivity contribution in [1.82, 2.24) is 10.2 Å². The number of carbonyl (C=O) groups is 1. The van der Waals surface area contributed by atoms with Crippen LogP contribution in [0.1, 0.15) is 66.2 Å². The van der Waals surface area contributed by atoms with Crippen LogP contribution in [0.2, 0.25) is 0 Å². The summed E-state index contributed by atoms with van der Waals surface area (Å²) in [6.07, 6.45) is 6.81. The van der Waals surface area contributed by atoms with Crippen LogP contribution in [-0.4, -0.2) is 36.0 Å². The Labute approximate surface area is 143 Å². The third-order valence-electron chi connectivity index (χ3n) is 5.82. The van der Waals surface area contributed by atoms with Crippen molar-refractivity contribution in [3.63, 3.8) is 0 Å². The zero-order valence-electron chi connectivity index (χ0n) is 14.8. The van der Waals surface area contributed by atoms with Gasteiger partial charge in [0, 0.05) is 18.5 Å². The van der Waals surface area contributed by atoms with E-state index >= 15 is 0 Å². The molecule has 1 heterocycles. The first kappa shape index (κ1) is 19.8. The van der Waals surface area contributed by atoms with Crippen LogP contribution in [0.3, 0.4) is 0 Å². The molecule has 0 spiro atoms. The van der Waals surface area contributed by atoms with Crippen molar-refractivity contribution >= 4 is 18.3 Å². The van der Waals surface area contributed by atoms with Crippen molar-refractivity contribution < 1.29 is 4.79 Å². The first-order valence-corrected chi connectivity index (χ1v) is 9.06. The number of hydrogen-bond donors (Lipinski definition) is 1. The zero-order valence-corrected chi connectivity index (χ0v) is 15.6. The van der Waals surface area contributed by atoms with Gasteiger partial charge in [-0.15, -0.1) is 12.4 Å². The second-order valence-electron chi connectivity index (χ2n) is 7.43. The van der Waals surface area contributed by atoms with Gasteiger partial charge in [0.2, 0.25) is 5.91 Å². The third kappa shape index (κ3) is 5.13. The van der Waals surface area contributed by atoms with Crippen molar-refractivity contribution in [3.8, 4) is 0 Å². The van der Waals surface area contributed by atoms with Crippen molar-refractivity contribution in [2.24, 2.45) is 17.8 Å². The Balaban J connectivity index is 0.00000242. The quantitative estimate of drug-likeness (QED) is 0.768. The number of hydrogen-bond acceptors (Lipinski definition) is 2. The van der Waals surface area contributed by atoms with E-state index in [9.17, 15) is 4.79 Å². The maximum Gasteiger partial charge on any atom is 0.223 e. The first-order chi connectivity index (χ1) is 10.0. The molecular formula is C18H35ClN2O. The van der Waals surface area contributed by atoms with Crippen LogP contribution >= 0.6 is 12.4 Å². The van der Waals surface area contributed by atoms with Gasteiger partial charge in [-0.25, -0.2) is 0 Å². The van der Waals surface area contributed by atoms with E-state index in [-0.39, 0.29) is 12.4 Å². The maximum atomic E-state index is 12.8. The van der Waals surface area contributed by atoms with Crippen LogP contribution in [0.15, 0.2) is 0 Å². The average Bonchev–Trinajstić information content (AvgIpc) is 3.32. The lowest BCUT2D eigenvalue weighted by atomic mass is 9.83. The zero-order chi connectivity index (χ0) is 15.4. The molecule has 2 fully saturated rings. The number of piperidine rings is 1. The van der Waals surface area contributed by atoms with Crippen LogP contribution in [0.4, 0.5) is 0 Å². The molecule has 1 aliphatic heterocycles. The van der Waals surface area contributed by atoms with Gasteiger partial charge in [-0.1, -0.05) is 27.2 Å². The van der Waals surface area contributed by atoms with Crippen molar-refractivity contribution in [2.75, 3.05) is 13.1 Å². The van der Waals surface area contributed by atoms with Gasteiger partial charge in [-0.05, 0) is 63.5 Å². The minimum absolute atomic E-state index is 0. The summed E-state index contributed by atoms with van der Waals surface area (Å²) in [6, 6.07) is 0.942. The molecular weight excluding hydrogens is 296 g/mol. The van der Waals surface area contributed by atoms with Gasteiger partial charge in [0.1, 0.15) is 0 Å². The fraction of sp³-hybridized carbons (Fsp3) is 0.944. The summed E-state index contributed by atoms with van der Waals surface area (Å²) in [6.45, 7) is 11.3. The Morgan fingerprint density at radius 1 is 1.14 bits per heavy atom. The molecule has 4 heteroatoms. The number of carbonyl (C=O) groups excluding carboxylic acids is 1. The second-order valence-corrected chi connectivity index (χ2v) is 7.43. The molecule has 1 aliphatic carbocycles. The minimum Gasteiger partial charge on any atom is -0.337 e. The van der Waals surface area contributed by atoms with Gasteiger partial charge in [0.15, 0.2) is 0 Å². The predicted octanol–water partition coefficient (Wildman–Crippen LogP) is 3.86. The van der Waals surface area contributed by atoms with Gasteiger partial charge < -0.3 is 10.2 Å². The third-order valence-corrected chi connectivity index (χ3v) is 5.82. The fourth-order valence-electron chi connectivity index (χ4n) is 3.69. The topological polar surface area (TPSA) is 32.3 Å². The van der Waals surface area contributed by atoms with E-state index in [0.717, 1.165) is 31.8 Å². The van der Waals surface area contributed by atoms with E-state index in [4.69, 9.17) is 0 Å². The molecule has 2 rings (SSSR count). The van der Waals surface area contributed by atoms with E-state index in [1.165, 1.54) is 25.7 Å². The largest absolute Gasteiger partial charge is 0.337 e. The minimum atomic E-state index is 0. The molecule has 22 heavy (non-hydrogen) atoms. The van der Waals surface area contributed by atoms with E-state index < -0.39 is 0 Å². The lowest BCUT2D eigenvalue weighted by Gasteiger charge is -2.35. The number of halogens is 1. The van der Waals surface area contributed by atoms with Crippen LogP contribution in [0.5, 0.6) is 0 Å². The Bertz CT molecular complexity index is 340. The van der Waals surface area contributed by atoms with Crippen LogP contribution in [0.25, 0.3) is 0 Å². The summed E-state index contributed by atoms with van der Waals surface area (Å²) in [5.41, 5.74) is 0. The molecule has 1 N–H and O–H groups in total. The molecule has 0 radical (unpaired) electrons. The van der Waals surface area contributed by atoms with Gasteiger partial charge in [0.05, 0.1) is 0 Å². The highest BCUT2D eigenvalue weighted by Crippen LogP contribution is 2.33. The molecule has 0 aromatic carbocycles. The summed E-state index contributed by atoms with van der Waals surface area (Å²) in [7, 11) is 0. The van der Waals surface area contributed by atoms with Crippen molar-refractivity contribution in [1.29, 1.82) is 0 Å². The summed E-state index contributed by atoms with van der Waals surface area (Å²) < 4.78 is 0. The van der Waals surface area contributed by atoms with Crippen LogP contribution in [0, 0.1) is 17.8 Å². The Morgan fingerprint density at radius 3 is 2.23 bits per heavy atom. The molecule has 0 aromatic heterocycles. The van der Waals surface area contributed by atoms with E-state index in [1.54, 1.807) is 0 Å². The standard InChI is InChI=1S/C18H34N2O.ClH/c1-5-13(2)15(4)20(17-6-7-17)18(21)12-14(3)16-8-10-19-11-9-16;/h13-17,19H,5-12H2,1-4H3;1H.